The maximum absolute atomic E-state index is 11.9. The van der Waals surface area contributed by atoms with Crippen molar-refractivity contribution in [2.45, 2.75) is 42.7 Å². The average Bonchev–Trinajstić information content (AvgIpc) is 2.41. The van der Waals surface area contributed by atoms with Gasteiger partial charge in [0.1, 0.15) is 0 Å². The normalized spacial score (nSPS) is 22.4. The molecule has 0 heterocycles. The molecular weight excluding hydrogens is 296 g/mol. The average molecular weight is 315 g/mol. The van der Waals surface area contributed by atoms with Gasteiger partial charge in [-0.3, -0.25) is 0 Å². The fraction of sp³-hybridized carbons (Fsp3) is 0.500. The first-order chi connectivity index (χ1) is 9.58. The maximum atomic E-state index is 11.9. The summed E-state index contributed by atoms with van der Waals surface area (Å²) >= 11 is 7.67. The molecule has 6 heteroatoms. The van der Waals surface area contributed by atoms with Crippen LogP contribution in [0.1, 0.15) is 25.7 Å². The number of hydrogen-bond acceptors (Lipinski definition) is 3. The number of urea groups is 1. The predicted octanol–water partition coefficient (Wildman–Crippen LogP) is 3.49. The second-order valence-corrected chi connectivity index (χ2v) is 6.21. The molecular formula is C14H19ClN2O2S. The fourth-order valence-corrected chi connectivity index (χ4v) is 3.19. The second kappa shape index (κ2) is 7.20. The highest BCUT2D eigenvalue weighted by Gasteiger charge is 2.20. The van der Waals surface area contributed by atoms with Crippen LogP contribution in [0.25, 0.3) is 0 Å². The molecule has 0 saturated heterocycles. The minimum Gasteiger partial charge on any atom is -0.393 e. The van der Waals surface area contributed by atoms with Gasteiger partial charge in [0.05, 0.1) is 11.1 Å². The van der Waals surface area contributed by atoms with Crippen LogP contribution in [0.5, 0.6) is 0 Å². The number of aliphatic hydroxyl groups is 1. The van der Waals surface area contributed by atoms with E-state index in [1.165, 1.54) is 0 Å². The van der Waals surface area contributed by atoms with Gasteiger partial charge < -0.3 is 15.7 Å². The minimum atomic E-state index is -0.223. The van der Waals surface area contributed by atoms with Crippen LogP contribution in [-0.2, 0) is 0 Å². The van der Waals surface area contributed by atoms with E-state index in [0.29, 0.717) is 10.7 Å². The van der Waals surface area contributed by atoms with Crippen LogP contribution in [-0.4, -0.2) is 29.5 Å². The number of carbonyl (C=O) groups excluding carboxylic acids is 1. The molecule has 1 aliphatic rings. The molecule has 20 heavy (non-hydrogen) atoms. The van der Waals surface area contributed by atoms with Crippen molar-refractivity contribution in [2.24, 2.45) is 0 Å². The maximum Gasteiger partial charge on any atom is 0.319 e. The Morgan fingerprint density at radius 2 is 2.05 bits per heavy atom. The van der Waals surface area contributed by atoms with Crippen LogP contribution in [0.2, 0.25) is 5.02 Å². The van der Waals surface area contributed by atoms with E-state index in [2.05, 4.69) is 10.6 Å². The van der Waals surface area contributed by atoms with Gasteiger partial charge in [-0.05, 0) is 50.1 Å². The Hall–Kier alpha value is -0.910. The zero-order valence-electron chi connectivity index (χ0n) is 11.4. The number of nitrogens with one attached hydrogen (secondary N) is 2. The number of amides is 2. The second-order valence-electron chi connectivity index (χ2n) is 4.95. The van der Waals surface area contributed by atoms with Gasteiger partial charge in [0.2, 0.25) is 0 Å². The highest BCUT2D eigenvalue weighted by molar-refractivity contribution is 7.98. The summed E-state index contributed by atoms with van der Waals surface area (Å²) in [5.41, 5.74) is 0.682. The van der Waals surface area contributed by atoms with E-state index in [0.717, 1.165) is 30.6 Å². The third kappa shape index (κ3) is 4.30. The molecule has 1 aromatic carbocycles. The molecule has 0 aromatic heterocycles. The summed E-state index contributed by atoms with van der Waals surface area (Å²) in [6.07, 6.45) is 4.88. The molecule has 3 N–H and O–H groups in total. The Kier molecular flexibility index (Phi) is 5.57. The third-order valence-corrected chi connectivity index (χ3v) is 4.66. The number of benzene rings is 1. The van der Waals surface area contributed by atoms with Crippen molar-refractivity contribution in [3.63, 3.8) is 0 Å². The standard InChI is InChI=1S/C14H19ClN2O2S/c1-20-13-7-4-10(8-12(13)15)17-14(19)16-9-2-5-11(18)6-3-9/h4,7-9,11,18H,2-3,5-6H2,1H3,(H2,16,17,19). The predicted molar refractivity (Wildman–Crippen MR) is 83.7 cm³/mol. The lowest BCUT2D eigenvalue weighted by Crippen LogP contribution is -2.40. The molecule has 0 unspecified atom stereocenters. The van der Waals surface area contributed by atoms with Crippen LogP contribution in [0.3, 0.4) is 0 Å². The lowest BCUT2D eigenvalue weighted by molar-refractivity contribution is 0.118. The lowest BCUT2D eigenvalue weighted by Gasteiger charge is -2.26. The highest BCUT2D eigenvalue weighted by atomic mass is 35.5. The molecule has 110 valence electrons. The topological polar surface area (TPSA) is 61.4 Å². The van der Waals surface area contributed by atoms with Crippen molar-refractivity contribution in [3.05, 3.63) is 23.2 Å². The molecule has 1 fully saturated rings. The zero-order valence-corrected chi connectivity index (χ0v) is 12.9. The number of rotatable bonds is 3. The van der Waals surface area contributed by atoms with Crippen LogP contribution in [0.15, 0.2) is 23.1 Å². The first-order valence-electron chi connectivity index (χ1n) is 6.67. The molecule has 2 rings (SSSR count). The molecule has 0 bridgehead atoms. The largest absolute Gasteiger partial charge is 0.393 e. The van der Waals surface area contributed by atoms with Crippen molar-refractivity contribution in [1.82, 2.24) is 5.32 Å². The van der Waals surface area contributed by atoms with Crippen molar-refractivity contribution >= 4 is 35.1 Å². The number of carbonyl (C=O) groups is 1. The summed E-state index contributed by atoms with van der Waals surface area (Å²) in [5, 5.41) is 15.8. The quantitative estimate of drug-likeness (QED) is 0.748. The van der Waals surface area contributed by atoms with E-state index in [1.807, 2.05) is 18.4 Å². The van der Waals surface area contributed by atoms with Gasteiger partial charge in [-0.25, -0.2) is 4.79 Å². The number of aliphatic hydroxyl groups excluding tert-OH is 1. The molecule has 2 amide bonds. The SMILES string of the molecule is CSc1ccc(NC(=O)NC2CCC(O)CC2)cc1Cl. The first-order valence-corrected chi connectivity index (χ1v) is 8.28. The molecule has 1 aliphatic carbocycles. The Labute approximate surface area is 128 Å². The van der Waals surface area contributed by atoms with E-state index < -0.39 is 0 Å². The van der Waals surface area contributed by atoms with Gasteiger partial charge in [-0.1, -0.05) is 11.6 Å². The van der Waals surface area contributed by atoms with E-state index in [1.54, 1.807) is 17.8 Å². The van der Waals surface area contributed by atoms with Crippen molar-refractivity contribution in [3.8, 4) is 0 Å². The van der Waals surface area contributed by atoms with Crippen LogP contribution >= 0.6 is 23.4 Å². The monoisotopic (exact) mass is 314 g/mol. The summed E-state index contributed by atoms with van der Waals surface area (Å²) in [7, 11) is 0. The van der Waals surface area contributed by atoms with Gasteiger partial charge in [0.15, 0.2) is 0 Å². The Morgan fingerprint density at radius 3 is 2.65 bits per heavy atom. The van der Waals surface area contributed by atoms with Crippen molar-refractivity contribution in [2.75, 3.05) is 11.6 Å². The van der Waals surface area contributed by atoms with Crippen LogP contribution < -0.4 is 10.6 Å². The molecule has 0 radical (unpaired) electrons. The van der Waals surface area contributed by atoms with E-state index in [-0.39, 0.29) is 18.2 Å². The first kappa shape index (κ1) is 15.5. The van der Waals surface area contributed by atoms with E-state index >= 15 is 0 Å². The Bertz CT molecular complexity index is 476. The summed E-state index contributed by atoms with van der Waals surface area (Å²) in [6, 6.07) is 5.39. The van der Waals surface area contributed by atoms with Gasteiger partial charge in [-0.15, -0.1) is 11.8 Å². The lowest BCUT2D eigenvalue weighted by atomic mass is 9.93. The molecule has 4 nitrogen and oxygen atoms in total. The van der Waals surface area contributed by atoms with E-state index in [4.69, 9.17) is 11.6 Å². The number of thioether (sulfide) groups is 1. The van der Waals surface area contributed by atoms with Crippen LogP contribution in [0.4, 0.5) is 10.5 Å². The van der Waals surface area contributed by atoms with Crippen molar-refractivity contribution in [1.29, 1.82) is 0 Å². The summed E-state index contributed by atoms with van der Waals surface area (Å²) in [5.74, 6) is 0. The highest BCUT2D eigenvalue weighted by Crippen LogP contribution is 2.28. The third-order valence-electron chi connectivity index (χ3n) is 3.44. The van der Waals surface area contributed by atoms with Gasteiger partial charge in [-0.2, -0.15) is 0 Å². The molecule has 0 aliphatic heterocycles. The van der Waals surface area contributed by atoms with Gasteiger partial charge in [0, 0.05) is 16.6 Å². The van der Waals surface area contributed by atoms with Gasteiger partial charge in [0.25, 0.3) is 0 Å². The van der Waals surface area contributed by atoms with E-state index in [9.17, 15) is 9.90 Å². The number of halogens is 1. The zero-order chi connectivity index (χ0) is 14.5. The summed E-state index contributed by atoms with van der Waals surface area (Å²) < 4.78 is 0. The van der Waals surface area contributed by atoms with Crippen LogP contribution in [0, 0.1) is 0 Å². The molecule has 1 aromatic rings. The van der Waals surface area contributed by atoms with Crippen molar-refractivity contribution < 1.29 is 9.90 Å². The van der Waals surface area contributed by atoms with Gasteiger partial charge >= 0.3 is 6.03 Å². The molecule has 0 spiro atoms. The minimum absolute atomic E-state index is 0.138. The number of anilines is 1. The molecule has 1 saturated carbocycles. The Morgan fingerprint density at radius 1 is 1.35 bits per heavy atom. The number of hydrogen-bond donors (Lipinski definition) is 3. The fourth-order valence-electron chi connectivity index (χ4n) is 2.32. The Balaban J connectivity index is 1.86. The summed E-state index contributed by atoms with van der Waals surface area (Å²) in [6.45, 7) is 0. The molecule has 0 atom stereocenters. The smallest absolute Gasteiger partial charge is 0.319 e. The summed E-state index contributed by atoms with van der Waals surface area (Å²) in [4.78, 5) is 12.9.